The number of carbonyl (C=O) groups excluding carboxylic acids is 2. The lowest BCUT2D eigenvalue weighted by Crippen LogP contribution is -2.00. The molecular formula is C26H24Cl2O2. The van der Waals surface area contributed by atoms with E-state index < -0.39 is 0 Å². The van der Waals surface area contributed by atoms with Crippen molar-refractivity contribution in [1.82, 2.24) is 0 Å². The van der Waals surface area contributed by atoms with Crippen LogP contribution in [0, 0.1) is 0 Å². The van der Waals surface area contributed by atoms with Gasteiger partial charge in [0.05, 0.1) is 0 Å². The number of Topliss-reactive ketones (excluding diaryl/α,β-unsaturated/α-hetero) is 2. The van der Waals surface area contributed by atoms with E-state index in [1.54, 1.807) is 0 Å². The molecule has 0 N–H and O–H groups in total. The molecule has 3 aromatic carbocycles. The van der Waals surface area contributed by atoms with Crippen LogP contribution >= 0.6 is 23.2 Å². The summed E-state index contributed by atoms with van der Waals surface area (Å²) >= 11 is 11.5. The van der Waals surface area contributed by atoms with E-state index in [0.29, 0.717) is 24.6 Å². The molecule has 3 aromatic rings. The summed E-state index contributed by atoms with van der Waals surface area (Å²) in [6.07, 6.45) is 4.35. The van der Waals surface area contributed by atoms with Crippen molar-refractivity contribution in [2.45, 2.75) is 38.5 Å². The molecule has 0 bridgehead atoms. The Labute approximate surface area is 187 Å². The minimum Gasteiger partial charge on any atom is -0.294 e. The van der Waals surface area contributed by atoms with Gasteiger partial charge in [0, 0.05) is 35.7 Å². The summed E-state index contributed by atoms with van der Waals surface area (Å²) in [6.45, 7) is 0. The first kappa shape index (κ1) is 21.1. The zero-order valence-corrected chi connectivity index (χ0v) is 18.4. The topological polar surface area (TPSA) is 34.1 Å². The lowest BCUT2D eigenvalue weighted by Gasteiger charge is -2.08. The molecule has 0 heterocycles. The Bertz CT molecular complexity index is 1120. The summed E-state index contributed by atoms with van der Waals surface area (Å²) in [5.74, 6) is 1.48. The number of unbranched alkanes of at least 4 members (excludes halogenated alkanes) is 2. The summed E-state index contributed by atoms with van der Waals surface area (Å²) < 4.78 is 0. The van der Waals surface area contributed by atoms with E-state index >= 15 is 0 Å². The Hall–Kier alpha value is -2.16. The molecule has 30 heavy (non-hydrogen) atoms. The molecule has 0 aliphatic heterocycles. The first-order valence-corrected chi connectivity index (χ1v) is 11.6. The largest absolute Gasteiger partial charge is 0.294 e. The van der Waals surface area contributed by atoms with Crippen molar-refractivity contribution in [1.29, 1.82) is 0 Å². The van der Waals surface area contributed by atoms with E-state index in [-0.39, 0.29) is 11.6 Å². The predicted molar refractivity (Wildman–Crippen MR) is 126 cm³/mol. The van der Waals surface area contributed by atoms with Gasteiger partial charge in [0.25, 0.3) is 0 Å². The number of rotatable bonds is 10. The second-order valence-corrected chi connectivity index (χ2v) is 8.54. The van der Waals surface area contributed by atoms with E-state index in [4.69, 9.17) is 23.2 Å². The number of benzene rings is 3. The molecule has 0 fully saturated rings. The van der Waals surface area contributed by atoms with Gasteiger partial charge < -0.3 is 0 Å². The van der Waals surface area contributed by atoms with Gasteiger partial charge in [-0.15, -0.1) is 23.2 Å². The second-order valence-electron chi connectivity index (χ2n) is 7.79. The normalized spacial score (nSPS) is 11.7. The number of carbonyl (C=O) groups is 2. The predicted octanol–water partition coefficient (Wildman–Crippen LogP) is 7.67. The van der Waals surface area contributed by atoms with Crippen LogP contribution in [-0.2, 0) is 0 Å². The first-order chi connectivity index (χ1) is 14.7. The zero-order valence-electron chi connectivity index (χ0n) is 16.8. The molecule has 154 valence electrons. The number of halogens is 2. The first-order valence-electron chi connectivity index (χ1n) is 10.5. The van der Waals surface area contributed by atoms with Crippen LogP contribution in [0.3, 0.4) is 0 Å². The summed E-state index contributed by atoms with van der Waals surface area (Å²) in [5, 5.41) is 2.11. The van der Waals surface area contributed by atoms with Gasteiger partial charge in [-0.05, 0) is 64.8 Å². The number of hydrogen-bond donors (Lipinski definition) is 0. The van der Waals surface area contributed by atoms with Crippen molar-refractivity contribution >= 4 is 45.5 Å². The van der Waals surface area contributed by atoms with Crippen molar-refractivity contribution in [3.8, 4) is 22.3 Å². The minimum atomic E-state index is 0.154. The fourth-order valence-electron chi connectivity index (χ4n) is 4.31. The van der Waals surface area contributed by atoms with Crippen molar-refractivity contribution in [3.63, 3.8) is 0 Å². The third-order valence-electron chi connectivity index (χ3n) is 5.84. The summed E-state index contributed by atoms with van der Waals surface area (Å²) in [6, 6.07) is 16.1. The highest BCUT2D eigenvalue weighted by Gasteiger charge is 2.24. The van der Waals surface area contributed by atoms with Crippen LogP contribution in [0.1, 0.15) is 59.2 Å². The molecule has 0 saturated carbocycles. The maximum atomic E-state index is 12.8. The molecule has 0 radical (unpaired) electrons. The van der Waals surface area contributed by atoms with Crippen LogP contribution in [0.5, 0.6) is 0 Å². The lowest BCUT2D eigenvalue weighted by atomic mass is 9.94. The van der Waals surface area contributed by atoms with Crippen molar-refractivity contribution in [2.75, 3.05) is 11.8 Å². The number of alkyl halides is 2. The van der Waals surface area contributed by atoms with Gasteiger partial charge in [-0.3, -0.25) is 9.59 Å². The smallest absolute Gasteiger partial charge is 0.163 e. The minimum absolute atomic E-state index is 0.154. The highest BCUT2D eigenvalue weighted by Crippen LogP contribution is 2.48. The molecule has 0 atom stereocenters. The number of hydrogen-bond acceptors (Lipinski definition) is 2. The summed E-state index contributed by atoms with van der Waals surface area (Å²) in [5.41, 5.74) is 5.95. The van der Waals surface area contributed by atoms with Crippen molar-refractivity contribution < 1.29 is 9.59 Å². The van der Waals surface area contributed by atoms with Crippen LogP contribution in [0.15, 0.2) is 48.5 Å². The quantitative estimate of drug-likeness (QED) is 0.144. The number of fused-ring (bicyclic) bond motifs is 3. The molecule has 0 saturated heterocycles. The fourth-order valence-corrected chi connectivity index (χ4v) is 4.69. The Morgan fingerprint density at radius 1 is 0.667 bits per heavy atom. The monoisotopic (exact) mass is 438 g/mol. The van der Waals surface area contributed by atoms with Gasteiger partial charge in [-0.1, -0.05) is 42.5 Å². The van der Waals surface area contributed by atoms with E-state index in [1.807, 2.05) is 42.5 Å². The average Bonchev–Trinajstić information content (AvgIpc) is 3.09. The standard InChI is InChI=1S/C26H24Cl2O2/c27-14-3-1-8-24(29)17-10-11-18-20-6-5-7-21-19(25(30)9-2-4-15-28)12-13-22(26(20)21)23(18)16-17/h5-7,10-13,16H,1-4,8-9,14-15H2. The third kappa shape index (κ3) is 3.91. The van der Waals surface area contributed by atoms with Crippen LogP contribution in [0.2, 0.25) is 0 Å². The van der Waals surface area contributed by atoms with Gasteiger partial charge in [-0.25, -0.2) is 0 Å². The molecule has 0 aromatic heterocycles. The van der Waals surface area contributed by atoms with Gasteiger partial charge >= 0.3 is 0 Å². The van der Waals surface area contributed by atoms with Crippen LogP contribution in [0.25, 0.3) is 33.0 Å². The lowest BCUT2D eigenvalue weighted by molar-refractivity contribution is 0.0972. The van der Waals surface area contributed by atoms with Gasteiger partial charge in [0.1, 0.15) is 0 Å². The highest BCUT2D eigenvalue weighted by atomic mass is 35.5. The Balaban J connectivity index is 1.71. The van der Waals surface area contributed by atoms with E-state index in [2.05, 4.69) is 6.07 Å². The highest BCUT2D eigenvalue weighted by molar-refractivity contribution is 6.21. The van der Waals surface area contributed by atoms with E-state index in [9.17, 15) is 9.59 Å². The molecular weight excluding hydrogens is 415 g/mol. The fraction of sp³-hybridized carbons (Fsp3) is 0.308. The molecule has 0 amide bonds. The van der Waals surface area contributed by atoms with Gasteiger partial charge in [0.2, 0.25) is 0 Å². The Morgan fingerprint density at radius 3 is 2.07 bits per heavy atom. The van der Waals surface area contributed by atoms with Crippen LogP contribution < -0.4 is 0 Å². The maximum absolute atomic E-state index is 12.8. The molecule has 1 aliphatic carbocycles. The van der Waals surface area contributed by atoms with Crippen molar-refractivity contribution in [2.24, 2.45) is 0 Å². The van der Waals surface area contributed by atoms with Crippen LogP contribution in [0.4, 0.5) is 0 Å². The molecule has 2 nitrogen and oxygen atoms in total. The van der Waals surface area contributed by atoms with Crippen molar-refractivity contribution in [3.05, 3.63) is 59.7 Å². The average molecular weight is 439 g/mol. The van der Waals surface area contributed by atoms with E-state index in [1.165, 1.54) is 0 Å². The molecule has 4 rings (SSSR count). The van der Waals surface area contributed by atoms with Crippen LogP contribution in [-0.4, -0.2) is 23.3 Å². The Kier molecular flexibility index (Phi) is 6.55. The molecule has 4 heteroatoms. The zero-order chi connectivity index (χ0) is 21.1. The van der Waals surface area contributed by atoms with Gasteiger partial charge in [-0.2, -0.15) is 0 Å². The molecule has 0 unspecified atom stereocenters. The summed E-state index contributed by atoms with van der Waals surface area (Å²) in [4.78, 5) is 25.4. The summed E-state index contributed by atoms with van der Waals surface area (Å²) in [7, 11) is 0. The maximum Gasteiger partial charge on any atom is 0.163 e. The van der Waals surface area contributed by atoms with Gasteiger partial charge in [0.15, 0.2) is 11.6 Å². The molecule has 1 aliphatic rings. The number of ketones is 2. The molecule has 0 spiro atoms. The van der Waals surface area contributed by atoms with E-state index in [0.717, 1.165) is 69.8 Å². The second kappa shape index (κ2) is 9.32. The third-order valence-corrected chi connectivity index (χ3v) is 6.37. The Morgan fingerprint density at radius 2 is 1.33 bits per heavy atom. The SMILES string of the molecule is O=C(CCCCCl)c1ccc2c(c1)-c1ccc(C(=O)CCCCCl)c3cccc-2c13.